The summed E-state index contributed by atoms with van der Waals surface area (Å²) in [6.07, 6.45) is 8.13. The fraction of sp³-hybridized carbons (Fsp3) is 0.576. The van der Waals surface area contributed by atoms with Crippen LogP contribution in [0, 0.1) is 30.1 Å². The minimum Gasteiger partial charge on any atom is -0.480 e. The molecule has 1 aliphatic carbocycles. The first kappa shape index (κ1) is 29.2. The maximum atomic E-state index is 13.9. The highest BCUT2D eigenvalue weighted by molar-refractivity contribution is 5.73. The zero-order valence-corrected chi connectivity index (χ0v) is 23.5. The van der Waals surface area contributed by atoms with Crippen molar-refractivity contribution in [1.82, 2.24) is 10.2 Å². The normalized spacial score (nSPS) is 23.1. The first-order chi connectivity index (χ1) is 18.8. The summed E-state index contributed by atoms with van der Waals surface area (Å²) < 4.78 is 13.9. The lowest BCUT2D eigenvalue weighted by molar-refractivity contribution is -0.140. The van der Waals surface area contributed by atoms with Gasteiger partial charge in [0.25, 0.3) is 0 Å². The van der Waals surface area contributed by atoms with Crippen LogP contribution in [0.1, 0.15) is 75.8 Å². The van der Waals surface area contributed by atoms with Crippen molar-refractivity contribution in [3.8, 4) is 0 Å². The van der Waals surface area contributed by atoms with Gasteiger partial charge >= 0.3 is 5.97 Å². The summed E-state index contributed by atoms with van der Waals surface area (Å²) >= 11 is 0. The van der Waals surface area contributed by atoms with E-state index < -0.39 is 17.8 Å². The third-order valence-electron chi connectivity index (χ3n) is 8.77. The number of carbonyl (C=O) groups is 1. The van der Waals surface area contributed by atoms with Crippen molar-refractivity contribution in [2.24, 2.45) is 17.8 Å². The average Bonchev–Trinajstić information content (AvgIpc) is 3.31. The van der Waals surface area contributed by atoms with E-state index in [2.05, 4.69) is 59.2 Å². The number of hydrogen-bond acceptors (Lipinski definition) is 3. The molecule has 2 aliphatic rings. The molecule has 4 atom stereocenters. The molecule has 4 rings (SSSR count). The number of nitrogens with one attached hydrogen (secondary N) is 1. The van der Waals surface area contributed by atoms with Crippen LogP contribution in [-0.4, -0.2) is 47.7 Å². The van der Waals surface area contributed by atoms with Crippen molar-refractivity contribution in [2.45, 2.75) is 83.2 Å². The van der Waals surface area contributed by atoms with Crippen molar-refractivity contribution in [3.63, 3.8) is 0 Å². The lowest BCUT2D eigenvalue weighted by Gasteiger charge is -2.35. The Morgan fingerprint density at radius 1 is 1.15 bits per heavy atom. The summed E-state index contributed by atoms with van der Waals surface area (Å²) in [4.78, 5) is 17.7. The second-order valence-corrected chi connectivity index (χ2v) is 12.2. The fourth-order valence-corrected chi connectivity index (χ4v) is 6.75. The molecule has 0 radical (unpaired) electrons. The summed E-state index contributed by atoms with van der Waals surface area (Å²) in [6.45, 7) is 14.5. The summed E-state index contributed by atoms with van der Waals surface area (Å²) in [7, 11) is 0. The lowest BCUT2D eigenvalue weighted by Crippen LogP contribution is -2.43. The number of carboxylic acids is 1. The van der Waals surface area contributed by atoms with E-state index in [9.17, 15) is 14.3 Å². The molecule has 2 fully saturated rings. The Hall–Kier alpha value is -2.75. The Kier molecular flexibility index (Phi) is 10.5. The van der Waals surface area contributed by atoms with E-state index in [1.165, 1.54) is 24.5 Å². The summed E-state index contributed by atoms with van der Waals surface area (Å²) in [6, 6.07) is 15.5. The maximum absolute atomic E-state index is 13.9. The summed E-state index contributed by atoms with van der Waals surface area (Å²) in [5.41, 5.74) is 2.45. The van der Waals surface area contributed by atoms with Crippen LogP contribution < -0.4 is 5.32 Å². The number of halogens is 1. The van der Waals surface area contributed by atoms with E-state index in [0.717, 1.165) is 57.3 Å². The zero-order valence-electron chi connectivity index (χ0n) is 23.5. The number of hydrogen-bond donors (Lipinski definition) is 2. The quantitative estimate of drug-likeness (QED) is 0.287. The van der Waals surface area contributed by atoms with Gasteiger partial charge < -0.3 is 15.3 Å². The second-order valence-electron chi connectivity index (χ2n) is 12.2. The van der Waals surface area contributed by atoms with E-state index in [0.29, 0.717) is 30.1 Å². The van der Waals surface area contributed by atoms with Crippen molar-refractivity contribution >= 4 is 11.7 Å². The monoisotopic (exact) mass is 533 g/mol. The molecular weight excluding hydrogens is 489 g/mol. The Labute approximate surface area is 233 Å². The standard InChI is InChI=1S/C33H44FN3O2/c1-23(2)18-32(33(38)39)36-28-20-27(29(21-28)26-10-5-4-6-11-26)22-37-16-14-24(15-17-37)8-7-9-25-12-13-31(35-3)30(34)19-25/h4-6,10-13,19,23-24,27-29,32,36H,7-9,14-18,20-22H2,1-2H3,(H,38,39)/t27-,28?,29-,32?/m1/s1. The molecule has 1 saturated carbocycles. The Morgan fingerprint density at radius 2 is 1.90 bits per heavy atom. The number of rotatable bonds is 12. The topological polar surface area (TPSA) is 56.9 Å². The van der Waals surface area contributed by atoms with Crippen molar-refractivity contribution in [1.29, 1.82) is 0 Å². The fourth-order valence-electron chi connectivity index (χ4n) is 6.75. The Bertz CT molecular complexity index is 1110. The summed E-state index contributed by atoms with van der Waals surface area (Å²) in [5, 5.41) is 13.3. The van der Waals surface area contributed by atoms with Gasteiger partial charge in [0.15, 0.2) is 0 Å². The highest BCUT2D eigenvalue weighted by Crippen LogP contribution is 2.41. The molecule has 1 heterocycles. The van der Waals surface area contributed by atoms with Gasteiger partial charge in [0.2, 0.25) is 5.69 Å². The van der Waals surface area contributed by atoms with Crippen LogP contribution in [0.3, 0.4) is 0 Å². The van der Waals surface area contributed by atoms with Crippen LogP contribution in [0.2, 0.25) is 0 Å². The van der Waals surface area contributed by atoms with Crippen LogP contribution in [0.15, 0.2) is 48.5 Å². The first-order valence-electron chi connectivity index (χ1n) is 14.7. The van der Waals surface area contributed by atoms with Crippen LogP contribution in [0.25, 0.3) is 4.85 Å². The van der Waals surface area contributed by atoms with E-state index >= 15 is 0 Å². The molecule has 39 heavy (non-hydrogen) atoms. The highest BCUT2D eigenvalue weighted by atomic mass is 19.1. The SMILES string of the molecule is [C-]#[N+]c1ccc(CCCC2CCN(C[C@H]3CC(NC(CC(C)C)C(=O)O)C[C@@H]3c3ccccc3)CC2)cc1F. The van der Waals surface area contributed by atoms with E-state index in [1.54, 1.807) is 6.07 Å². The van der Waals surface area contributed by atoms with Crippen molar-refractivity contribution in [3.05, 3.63) is 76.9 Å². The van der Waals surface area contributed by atoms with E-state index in [-0.39, 0.29) is 11.7 Å². The number of carboxylic acid groups (broad SMARTS) is 1. The molecule has 6 heteroatoms. The van der Waals surface area contributed by atoms with Crippen LogP contribution in [0.4, 0.5) is 10.1 Å². The van der Waals surface area contributed by atoms with Gasteiger partial charge in [-0.1, -0.05) is 62.7 Å². The molecule has 1 saturated heterocycles. The number of benzene rings is 2. The molecule has 0 amide bonds. The van der Waals surface area contributed by atoms with Crippen LogP contribution >= 0.6 is 0 Å². The number of aryl methyl sites for hydroxylation is 1. The predicted octanol–water partition coefficient (Wildman–Crippen LogP) is 7.06. The molecule has 2 aromatic carbocycles. The highest BCUT2D eigenvalue weighted by Gasteiger charge is 2.38. The van der Waals surface area contributed by atoms with Gasteiger partial charge in [0.1, 0.15) is 11.9 Å². The largest absolute Gasteiger partial charge is 0.480 e. The van der Waals surface area contributed by atoms with Gasteiger partial charge in [-0.2, -0.15) is 0 Å². The first-order valence-corrected chi connectivity index (χ1v) is 14.7. The van der Waals surface area contributed by atoms with Crippen molar-refractivity contribution in [2.75, 3.05) is 19.6 Å². The molecule has 2 unspecified atom stereocenters. The average molecular weight is 534 g/mol. The Balaban J connectivity index is 1.28. The predicted molar refractivity (Wildman–Crippen MR) is 154 cm³/mol. The third kappa shape index (κ3) is 8.37. The molecule has 2 N–H and O–H groups in total. The Morgan fingerprint density at radius 3 is 2.54 bits per heavy atom. The van der Waals surface area contributed by atoms with E-state index in [4.69, 9.17) is 6.57 Å². The van der Waals surface area contributed by atoms with Gasteiger partial charge in [-0.25, -0.2) is 9.24 Å². The van der Waals surface area contributed by atoms with Gasteiger partial charge in [-0.05, 0) is 98.9 Å². The minimum absolute atomic E-state index is 0.0993. The van der Waals surface area contributed by atoms with Gasteiger partial charge in [-0.15, -0.1) is 0 Å². The molecule has 0 aromatic heterocycles. The number of nitrogens with zero attached hydrogens (tertiary/aromatic N) is 2. The van der Waals surface area contributed by atoms with Gasteiger partial charge in [0, 0.05) is 12.6 Å². The molecule has 210 valence electrons. The minimum atomic E-state index is -0.740. The summed E-state index contributed by atoms with van der Waals surface area (Å²) in [5.74, 6) is 0.869. The number of likely N-dealkylation sites (tertiary alicyclic amines) is 1. The molecular formula is C33H44FN3O2. The third-order valence-corrected chi connectivity index (χ3v) is 8.77. The molecule has 5 nitrogen and oxygen atoms in total. The molecule has 1 aliphatic heterocycles. The molecule has 0 bridgehead atoms. The van der Waals surface area contributed by atoms with E-state index in [1.807, 2.05) is 6.07 Å². The van der Waals surface area contributed by atoms with Crippen LogP contribution in [-0.2, 0) is 11.2 Å². The molecule has 0 spiro atoms. The van der Waals surface area contributed by atoms with Gasteiger partial charge in [0.05, 0.1) is 6.57 Å². The van der Waals surface area contributed by atoms with Gasteiger partial charge in [-0.3, -0.25) is 4.79 Å². The van der Waals surface area contributed by atoms with Crippen molar-refractivity contribution < 1.29 is 14.3 Å². The smallest absolute Gasteiger partial charge is 0.320 e. The number of aliphatic carboxylic acids is 1. The maximum Gasteiger partial charge on any atom is 0.320 e. The molecule has 2 aromatic rings. The number of piperidine rings is 1. The lowest BCUT2D eigenvalue weighted by atomic mass is 9.87. The zero-order chi connectivity index (χ0) is 27.8. The second kappa shape index (κ2) is 14.1. The van der Waals surface area contributed by atoms with Crippen LogP contribution in [0.5, 0.6) is 0 Å².